The van der Waals surface area contributed by atoms with Gasteiger partial charge in [0, 0.05) is 26.2 Å². The van der Waals surface area contributed by atoms with Gasteiger partial charge in [-0.1, -0.05) is 13.8 Å². The molecular weight excluding hydrogens is 316 g/mol. The highest BCUT2D eigenvalue weighted by atomic mass is 16.3. The molecule has 0 aromatic carbocycles. The van der Waals surface area contributed by atoms with Crippen LogP contribution in [0.3, 0.4) is 0 Å². The van der Waals surface area contributed by atoms with Crippen LogP contribution in [0.1, 0.15) is 51.8 Å². The highest BCUT2D eigenvalue weighted by molar-refractivity contribution is 5.79. The predicted octanol–water partition coefficient (Wildman–Crippen LogP) is 2.63. The molecule has 6 nitrogen and oxygen atoms in total. The van der Waals surface area contributed by atoms with E-state index in [1.165, 1.54) is 0 Å². The fourth-order valence-electron chi connectivity index (χ4n) is 2.94. The van der Waals surface area contributed by atoms with E-state index in [4.69, 9.17) is 9.41 Å². The zero-order valence-corrected chi connectivity index (χ0v) is 16.5. The van der Waals surface area contributed by atoms with E-state index in [0.717, 1.165) is 37.5 Å². The highest BCUT2D eigenvalue weighted by Gasteiger charge is 2.25. The summed E-state index contributed by atoms with van der Waals surface area (Å²) in [6, 6.07) is 4.05. The van der Waals surface area contributed by atoms with Gasteiger partial charge < -0.3 is 20.2 Å². The van der Waals surface area contributed by atoms with Crippen LogP contribution in [-0.4, -0.2) is 56.3 Å². The maximum Gasteiger partial charge on any atom is 0.191 e. The van der Waals surface area contributed by atoms with Crippen molar-refractivity contribution in [3.05, 3.63) is 24.2 Å². The van der Waals surface area contributed by atoms with Crippen molar-refractivity contribution < 1.29 is 9.52 Å². The normalized spacial score (nSPS) is 14.0. The topological polar surface area (TPSA) is 73.0 Å². The first-order valence-corrected chi connectivity index (χ1v) is 9.34. The Morgan fingerprint density at radius 3 is 2.48 bits per heavy atom. The fraction of sp³-hybridized carbons (Fsp3) is 0.737. The monoisotopic (exact) mass is 352 g/mol. The molecule has 0 bridgehead atoms. The molecule has 0 saturated heterocycles. The van der Waals surface area contributed by atoms with Gasteiger partial charge in [0.25, 0.3) is 0 Å². The molecule has 1 aromatic rings. The summed E-state index contributed by atoms with van der Waals surface area (Å²) < 4.78 is 5.56. The lowest BCUT2D eigenvalue weighted by Gasteiger charge is -2.30. The largest absolute Gasteiger partial charge is 0.468 e. The van der Waals surface area contributed by atoms with Gasteiger partial charge in [0.05, 0.1) is 12.3 Å². The van der Waals surface area contributed by atoms with Crippen molar-refractivity contribution in [2.24, 2.45) is 10.4 Å². The molecule has 144 valence electrons. The third-order valence-electron chi connectivity index (χ3n) is 5.02. The second kappa shape index (κ2) is 11.2. The molecule has 1 heterocycles. The van der Waals surface area contributed by atoms with Gasteiger partial charge in [0.1, 0.15) is 5.76 Å². The van der Waals surface area contributed by atoms with Crippen LogP contribution in [0.2, 0.25) is 0 Å². The van der Waals surface area contributed by atoms with Gasteiger partial charge in [-0.25, -0.2) is 0 Å². The van der Waals surface area contributed by atoms with Crippen molar-refractivity contribution in [3.8, 4) is 0 Å². The van der Waals surface area contributed by atoms with Crippen LogP contribution in [0.5, 0.6) is 0 Å². The number of rotatable bonds is 11. The average Bonchev–Trinajstić information content (AvgIpc) is 3.12. The molecule has 1 unspecified atom stereocenters. The summed E-state index contributed by atoms with van der Waals surface area (Å²) in [4.78, 5) is 6.92. The summed E-state index contributed by atoms with van der Waals surface area (Å²) >= 11 is 0. The lowest BCUT2D eigenvalue weighted by molar-refractivity contribution is 0.175. The van der Waals surface area contributed by atoms with E-state index in [1.54, 1.807) is 6.26 Å². The van der Waals surface area contributed by atoms with Crippen molar-refractivity contribution in [2.75, 3.05) is 40.3 Å². The Morgan fingerprint density at radius 1 is 1.28 bits per heavy atom. The molecule has 0 aliphatic rings. The van der Waals surface area contributed by atoms with Crippen LogP contribution in [0, 0.1) is 5.41 Å². The molecule has 0 aliphatic carbocycles. The third kappa shape index (κ3) is 6.71. The highest BCUT2D eigenvalue weighted by Crippen LogP contribution is 2.30. The van der Waals surface area contributed by atoms with Crippen LogP contribution < -0.4 is 10.6 Å². The molecule has 1 aromatic heterocycles. The molecule has 1 rings (SSSR count). The minimum absolute atomic E-state index is 0.0685. The molecule has 1 atom stereocenters. The van der Waals surface area contributed by atoms with Crippen molar-refractivity contribution in [2.45, 2.75) is 46.1 Å². The minimum Gasteiger partial charge on any atom is -0.468 e. The third-order valence-corrected chi connectivity index (χ3v) is 5.02. The Balaban J connectivity index is 2.77. The maximum atomic E-state index is 9.38. The zero-order valence-electron chi connectivity index (χ0n) is 16.5. The van der Waals surface area contributed by atoms with Crippen LogP contribution >= 0.6 is 0 Å². The summed E-state index contributed by atoms with van der Waals surface area (Å²) in [6.45, 7) is 8.85. The van der Waals surface area contributed by atoms with Crippen molar-refractivity contribution in [1.82, 2.24) is 15.5 Å². The molecule has 0 aliphatic heterocycles. The second-order valence-corrected chi connectivity index (χ2v) is 6.75. The molecule has 25 heavy (non-hydrogen) atoms. The number of aliphatic hydroxyl groups is 1. The van der Waals surface area contributed by atoms with E-state index in [0.29, 0.717) is 13.1 Å². The summed E-state index contributed by atoms with van der Waals surface area (Å²) in [5.74, 6) is 1.75. The van der Waals surface area contributed by atoms with E-state index in [2.05, 4.69) is 36.3 Å². The smallest absolute Gasteiger partial charge is 0.191 e. The molecule has 0 amide bonds. The van der Waals surface area contributed by atoms with Gasteiger partial charge in [-0.3, -0.25) is 9.89 Å². The first kappa shape index (κ1) is 21.5. The van der Waals surface area contributed by atoms with Crippen molar-refractivity contribution in [1.29, 1.82) is 0 Å². The second-order valence-electron chi connectivity index (χ2n) is 6.75. The zero-order chi connectivity index (χ0) is 18.7. The van der Waals surface area contributed by atoms with Gasteiger partial charge in [-0.05, 0) is 57.8 Å². The standard InChI is InChI=1S/C19H36N4O2/c1-6-19(7-2,11-12-24)15-22-18(20-8-3)21-14-16(23(4)5)17-10-9-13-25-17/h9-10,13,16,24H,6-8,11-12,14-15H2,1-5H3,(H2,20,21,22). The van der Waals surface area contributed by atoms with Crippen LogP contribution in [0.15, 0.2) is 27.8 Å². The minimum atomic E-state index is 0.0685. The molecular formula is C19H36N4O2. The van der Waals surface area contributed by atoms with Crippen LogP contribution in [0.25, 0.3) is 0 Å². The number of furan rings is 1. The molecule has 3 N–H and O–H groups in total. The van der Waals surface area contributed by atoms with Gasteiger partial charge in [-0.15, -0.1) is 0 Å². The van der Waals surface area contributed by atoms with E-state index in [9.17, 15) is 5.11 Å². The number of guanidine groups is 1. The molecule has 6 heteroatoms. The number of likely N-dealkylation sites (N-methyl/N-ethyl adjacent to an activating group) is 1. The first-order chi connectivity index (χ1) is 12.0. The summed E-state index contributed by atoms with van der Waals surface area (Å²) in [6.07, 6.45) is 4.52. The number of nitrogens with zero attached hydrogens (tertiary/aromatic N) is 2. The Kier molecular flexibility index (Phi) is 9.60. The maximum absolute atomic E-state index is 9.38. The molecule has 0 saturated carbocycles. The van der Waals surface area contributed by atoms with E-state index in [1.807, 2.05) is 26.2 Å². The Bertz CT molecular complexity index is 482. The number of aliphatic imine (C=N–C) groups is 1. The summed E-state index contributed by atoms with van der Waals surface area (Å²) in [7, 11) is 4.08. The fourth-order valence-corrected chi connectivity index (χ4v) is 2.94. The lowest BCUT2D eigenvalue weighted by Crippen LogP contribution is -2.42. The van der Waals surface area contributed by atoms with Gasteiger partial charge in [0.15, 0.2) is 5.96 Å². The predicted molar refractivity (Wildman–Crippen MR) is 104 cm³/mol. The van der Waals surface area contributed by atoms with Gasteiger partial charge in [-0.2, -0.15) is 0 Å². The molecule has 0 radical (unpaired) electrons. The number of hydrogen-bond acceptors (Lipinski definition) is 4. The quantitative estimate of drug-likeness (QED) is 0.422. The van der Waals surface area contributed by atoms with Gasteiger partial charge in [0.2, 0.25) is 0 Å². The van der Waals surface area contributed by atoms with Crippen molar-refractivity contribution in [3.63, 3.8) is 0 Å². The summed E-state index contributed by atoms with van der Waals surface area (Å²) in [5, 5.41) is 16.1. The summed E-state index contributed by atoms with van der Waals surface area (Å²) in [5.41, 5.74) is 0.0685. The lowest BCUT2D eigenvalue weighted by atomic mass is 9.79. The van der Waals surface area contributed by atoms with Gasteiger partial charge >= 0.3 is 0 Å². The molecule has 0 spiro atoms. The van der Waals surface area contributed by atoms with E-state index < -0.39 is 0 Å². The Hall–Kier alpha value is -1.53. The van der Waals surface area contributed by atoms with E-state index >= 15 is 0 Å². The number of nitrogens with one attached hydrogen (secondary N) is 2. The van der Waals surface area contributed by atoms with Crippen molar-refractivity contribution >= 4 is 5.96 Å². The Labute approximate surface area is 152 Å². The number of hydrogen-bond donors (Lipinski definition) is 3. The molecule has 0 fully saturated rings. The average molecular weight is 353 g/mol. The first-order valence-electron chi connectivity index (χ1n) is 9.34. The van der Waals surface area contributed by atoms with Crippen LogP contribution in [0.4, 0.5) is 0 Å². The Morgan fingerprint density at radius 2 is 2.00 bits per heavy atom. The SMILES string of the molecule is CCNC(=NCC(CC)(CC)CCO)NCC(c1ccco1)N(C)C. The van der Waals surface area contributed by atoms with Crippen LogP contribution in [-0.2, 0) is 0 Å². The van der Waals surface area contributed by atoms with E-state index in [-0.39, 0.29) is 18.1 Å². The number of aliphatic hydroxyl groups excluding tert-OH is 1.